The largest absolute Gasteiger partial charge is 0.484 e. The van der Waals surface area contributed by atoms with Gasteiger partial charge >= 0.3 is 0 Å². The van der Waals surface area contributed by atoms with Crippen LogP contribution in [0.3, 0.4) is 0 Å². The van der Waals surface area contributed by atoms with E-state index in [1.807, 2.05) is 12.1 Å². The number of aromatic nitrogens is 1. The summed E-state index contributed by atoms with van der Waals surface area (Å²) >= 11 is 0. The van der Waals surface area contributed by atoms with Crippen molar-refractivity contribution in [2.45, 2.75) is 0 Å². The third kappa shape index (κ3) is 3.62. The summed E-state index contributed by atoms with van der Waals surface area (Å²) in [4.78, 5) is 3.94. The molecule has 0 aliphatic rings. The van der Waals surface area contributed by atoms with Crippen LogP contribution in [0.1, 0.15) is 0 Å². The lowest BCUT2D eigenvalue weighted by Crippen LogP contribution is -2.38. The molecule has 0 unspecified atom stereocenters. The lowest BCUT2D eigenvalue weighted by atomic mass is 10.4. The molecular formula is C10H18N3O+. The molecule has 0 spiro atoms. The Labute approximate surface area is 84.9 Å². The molecule has 0 fully saturated rings. The summed E-state index contributed by atoms with van der Waals surface area (Å²) in [5.74, 6) is 1.12. The van der Waals surface area contributed by atoms with E-state index < -0.39 is 0 Å². The number of nitrogens with two attached hydrogens (primary N) is 1. The van der Waals surface area contributed by atoms with E-state index in [1.54, 1.807) is 6.20 Å². The number of pyridine rings is 1. The Morgan fingerprint density at radius 2 is 2.14 bits per heavy atom. The molecule has 4 nitrogen and oxygen atoms in total. The monoisotopic (exact) mass is 196 g/mol. The van der Waals surface area contributed by atoms with Gasteiger partial charge in [0.25, 0.3) is 0 Å². The number of rotatable bonds is 4. The van der Waals surface area contributed by atoms with Crippen LogP contribution in [0.2, 0.25) is 0 Å². The number of ether oxygens (including phenoxy) is 1. The van der Waals surface area contributed by atoms with E-state index in [-0.39, 0.29) is 0 Å². The fourth-order valence-corrected chi connectivity index (χ4v) is 0.954. The summed E-state index contributed by atoms with van der Waals surface area (Å²) in [6.45, 7) is 1.59. The van der Waals surface area contributed by atoms with E-state index in [0.29, 0.717) is 18.2 Å². The molecule has 0 atom stereocenters. The fraction of sp³-hybridized carbons (Fsp3) is 0.500. The maximum atomic E-state index is 5.63. The van der Waals surface area contributed by atoms with Crippen LogP contribution in [-0.4, -0.2) is 43.8 Å². The number of quaternary nitrogens is 1. The molecule has 0 aliphatic heterocycles. The highest BCUT2D eigenvalue weighted by atomic mass is 16.5. The first-order chi connectivity index (χ1) is 6.49. The zero-order valence-corrected chi connectivity index (χ0v) is 9.03. The standard InChI is InChI=1S/C10H18N3O/c1-13(2,3)7-8-14-9-5-4-6-12-10(9)11/h4-6H,7-8H2,1-3H3,(H2,11,12)/q+1. The summed E-state index contributed by atoms with van der Waals surface area (Å²) in [5.41, 5.74) is 5.63. The first kappa shape index (κ1) is 10.8. The Balaban J connectivity index is 2.43. The molecule has 1 aromatic heterocycles. The van der Waals surface area contributed by atoms with Gasteiger partial charge in [0.15, 0.2) is 11.6 Å². The Hall–Kier alpha value is -1.29. The molecule has 4 heteroatoms. The molecular weight excluding hydrogens is 178 g/mol. The highest BCUT2D eigenvalue weighted by Crippen LogP contribution is 2.16. The van der Waals surface area contributed by atoms with Crippen LogP contribution in [0.15, 0.2) is 18.3 Å². The molecule has 0 saturated carbocycles. The van der Waals surface area contributed by atoms with E-state index in [2.05, 4.69) is 26.1 Å². The van der Waals surface area contributed by atoms with Gasteiger partial charge in [-0.25, -0.2) is 4.98 Å². The van der Waals surface area contributed by atoms with Crippen LogP contribution in [0.4, 0.5) is 5.82 Å². The van der Waals surface area contributed by atoms with E-state index in [9.17, 15) is 0 Å². The number of likely N-dealkylation sites (N-methyl/N-ethyl adjacent to an activating group) is 1. The maximum Gasteiger partial charge on any atom is 0.166 e. The molecule has 0 aliphatic carbocycles. The van der Waals surface area contributed by atoms with Crippen LogP contribution >= 0.6 is 0 Å². The second-order valence-corrected chi connectivity index (χ2v) is 4.25. The second-order valence-electron chi connectivity index (χ2n) is 4.25. The van der Waals surface area contributed by atoms with Gasteiger partial charge in [-0.3, -0.25) is 0 Å². The summed E-state index contributed by atoms with van der Waals surface area (Å²) in [5, 5.41) is 0. The summed E-state index contributed by atoms with van der Waals surface area (Å²) in [6.07, 6.45) is 1.65. The Morgan fingerprint density at radius 1 is 1.43 bits per heavy atom. The topological polar surface area (TPSA) is 48.1 Å². The van der Waals surface area contributed by atoms with Gasteiger partial charge < -0.3 is 15.0 Å². The van der Waals surface area contributed by atoms with Crippen molar-refractivity contribution in [3.8, 4) is 5.75 Å². The quantitative estimate of drug-likeness (QED) is 0.723. The molecule has 0 radical (unpaired) electrons. The van der Waals surface area contributed by atoms with Gasteiger partial charge in [0.2, 0.25) is 0 Å². The van der Waals surface area contributed by atoms with Gasteiger partial charge in [-0.1, -0.05) is 0 Å². The fourth-order valence-electron chi connectivity index (χ4n) is 0.954. The van der Waals surface area contributed by atoms with Crippen LogP contribution < -0.4 is 10.5 Å². The normalized spacial score (nSPS) is 11.4. The van der Waals surface area contributed by atoms with Crippen LogP contribution in [0, 0.1) is 0 Å². The minimum atomic E-state index is 0.453. The number of nitrogen functional groups attached to an aromatic ring is 1. The predicted octanol–water partition coefficient (Wildman–Crippen LogP) is 0.749. The van der Waals surface area contributed by atoms with Crippen molar-refractivity contribution in [1.82, 2.24) is 4.98 Å². The molecule has 1 aromatic rings. The Bertz CT molecular complexity index is 294. The van der Waals surface area contributed by atoms with Crippen molar-refractivity contribution in [3.05, 3.63) is 18.3 Å². The van der Waals surface area contributed by atoms with Crippen molar-refractivity contribution < 1.29 is 9.22 Å². The van der Waals surface area contributed by atoms with E-state index in [1.165, 1.54) is 0 Å². The highest BCUT2D eigenvalue weighted by Gasteiger charge is 2.07. The van der Waals surface area contributed by atoms with Gasteiger partial charge in [-0.2, -0.15) is 0 Å². The minimum Gasteiger partial charge on any atom is -0.484 e. The van der Waals surface area contributed by atoms with E-state index in [0.717, 1.165) is 11.0 Å². The van der Waals surface area contributed by atoms with E-state index in [4.69, 9.17) is 10.5 Å². The third-order valence-electron chi connectivity index (χ3n) is 1.82. The number of hydrogen-bond donors (Lipinski definition) is 1. The zero-order valence-electron chi connectivity index (χ0n) is 9.03. The molecule has 78 valence electrons. The summed E-state index contributed by atoms with van der Waals surface area (Å²) in [7, 11) is 6.36. The Morgan fingerprint density at radius 3 is 2.71 bits per heavy atom. The number of nitrogens with zero attached hydrogens (tertiary/aromatic N) is 2. The minimum absolute atomic E-state index is 0.453. The molecule has 0 bridgehead atoms. The van der Waals surface area contributed by atoms with Gasteiger partial charge in [0.05, 0.1) is 21.1 Å². The molecule has 0 saturated heterocycles. The third-order valence-corrected chi connectivity index (χ3v) is 1.82. The van der Waals surface area contributed by atoms with Crippen molar-refractivity contribution in [3.63, 3.8) is 0 Å². The van der Waals surface area contributed by atoms with Gasteiger partial charge in [-0.05, 0) is 12.1 Å². The molecule has 0 amide bonds. The van der Waals surface area contributed by atoms with Crippen LogP contribution in [0.25, 0.3) is 0 Å². The molecule has 1 heterocycles. The van der Waals surface area contributed by atoms with Gasteiger partial charge in [-0.15, -0.1) is 0 Å². The summed E-state index contributed by atoms with van der Waals surface area (Å²) in [6, 6.07) is 3.65. The number of hydrogen-bond acceptors (Lipinski definition) is 3. The molecule has 0 aromatic carbocycles. The van der Waals surface area contributed by atoms with Gasteiger partial charge in [0, 0.05) is 6.20 Å². The molecule has 2 N–H and O–H groups in total. The number of anilines is 1. The predicted molar refractivity (Wildman–Crippen MR) is 57.0 cm³/mol. The smallest absolute Gasteiger partial charge is 0.166 e. The van der Waals surface area contributed by atoms with E-state index >= 15 is 0 Å². The van der Waals surface area contributed by atoms with Crippen LogP contribution in [0.5, 0.6) is 5.75 Å². The zero-order chi connectivity index (χ0) is 10.6. The van der Waals surface area contributed by atoms with Crippen LogP contribution in [-0.2, 0) is 0 Å². The average Bonchev–Trinajstić information content (AvgIpc) is 2.06. The first-order valence-electron chi connectivity index (χ1n) is 4.63. The van der Waals surface area contributed by atoms with Crippen molar-refractivity contribution >= 4 is 5.82 Å². The first-order valence-corrected chi connectivity index (χ1v) is 4.63. The summed E-state index contributed by atoms with van der Waals surface area (Å²) < 4.78 is 6.38. The average molecular weight is 196 g/mol. The van der Waals surface area contributed by atoms with Crippen molar-refractivity contribution in [1.29, 1.82) is 0 Å². The lowest BCUT2D eigenvalue weighted by molar-refractivity contribution is -0.870. The molecule has 1 rings (SSSR count). The van der Waals surface area contributed by atoms with Crippen molar-refractivity contribution in [2.75, 3.05) is 40.0 Å². The Kier molecular flexibility index (Phi) is 3.30. The van der Waals surface area contributed by atoms with Gasteiger partial charge in [0.1, 0.15) is 13.2 Å². The van der Waals surface area contributed by atoms with Crippen molar-refractivity contribution in [2.24, 2.45) is 0 Å². The SMILES string of the molecule is C[N+](C)(C)CCOc1cccnc1N. The maximum absolute atomic E-state index is 5.63. The molecule has 14 heavy (non-hydrogen) atoms. The lowest BCUT2D eigenvalue weighted by Gasteiger charge is -2.23. The highest BCUT2D eigenvalue weighted by molar-refractivity contribution is 5.44. The second kappa shape index (κ2) is 4.28.